The van der Waals surface area contributed by atoms with Gasteiger partial charge in [0.1, 0.15) is 11.6 Å². The smallest absolute Gasteiger partial charge is 0.127 e. The van der Waals surface area contributed by atoms with Crippen molar-refractivity contribution in [3.05, 3.63) is 34.9 Å². The van der Waals surface area contributed by atoms with Crippen molar-refractivity contribution in [3.63, 3.8) is 0 Å². The maximum atomic E-state index is 13.7. The SMILES string of the molecule is CCCC(Br)C(C)c1cc(F)c(C)cc1F. The second-order valence-corrected chi connectivity index (χ2v) is 5.39. The minimum Gasteiger partial charge on any atom is -0.207 e. The van der Waals surface area contributed by atoms with Gasteiger partial charge in [-0.1, -0.05) is 36.2 Å². The van der Waals surface area contributed by atoms with Crippen LogP contribution in [0.4, 0.5) is 8.78 Å². The molecule has 2 atom stereocenters. The van der Waals surface area contributed by atoms with E-state index in [9.17, 15) is 8.78 Å². The molecule has 0 nitrogen and oxygen atoms in total. The van der Waals surface area contributed by atoms with Gasteiger partial charge in [0, 0.05) is 4.83 Å². The van der Waals surface area contributed by atoms with E-state index in [1.165, 1.54) is 12.1 Å². The van der Waals surface area contributed by atoms with Crippen LogP contribution in [0.2, 0.25) is 0 Å². The van der Waals surface area contributed by atoms with Gasteiger partial charge in [-0.05, 0) is 42.5 Å². The van der Waals surface area contributed by atoms with E-state index in [0.29, 0.717) is 11.1 Å². The molecule has 0 aliphatic rings. The Morgan fingerprint density at radius 2 is 1.88 bits per heavy atom. The van der Waals surface area contributed by atoms with Crippen LogP contribution in [0.1, 0.15) is 43.7 Å². The quantitative estimate of drug-likeness (QED) is 0.689. The Bertz CT molecular complexity index is 363. The molecule has 0 amide bonds. The molecular formula is C13H17BrF2. The van der Waals surface area contributed by atoms with Crippen molar-refractivity contribution < 1.29 is 8.78 Å². The molecule has 0 saturated heterocycles. The van der Waals surface area contributed by atoms with Crippen LogP contribution in [0.25, 0.3) is 0 Å². The highest BCUT2D eigenvalue weighted by molar-refractivity contribution is 9.09. The molecule has 0 spiro atoms. The van der Waals surface area contributed by atoms with Crippen LogP contribution in [-0.4, -0.2) is 4.83 Å². The fraction of sp³-hybridized carbons (Fsp3) is 0.538. The predicted molar refractivity (Wildman–Crippen MR) is 67.1 cm³/mol. The summed E-state index contributed by atoms with van der Waals surface area (Å²) in [6, 6.07) is 2.59. The van der Waals surface area contributed by atoms with Gasteiger partial charge >= 0.3 is 0 Å². The summed E-state index contributed by atoms with van der Waals surface area (Å²) in [5.74, 6) is -0.665. The molecule has 90 valence electrons. The maximum Gasteiger partial charge on any atom is 0.127 e. The number of halogens is 3. The molecule has 1 aromatic carbocycles. The average molecular weight is 291 g/mol. The normalized spacial score (nSPS) is 14.9. The van der Waals surface area contributed by atoms with Crippen LogP contribution < -0.4 is 0 Å². The van der Waals surface area contributed by atoms with E-state index in [0.717, 1.165) is 12.8 Å². The number of rotatable bonds is 4. The standard InChI is InChI=1S/C13H17BrF2/c1-4-5-11(14)9(3)10-7-12(15)8(2)6-13(10)16/h6-7,9,11H,4-5H2,1-3H3. The van der Waals surface area contributed by atoms with E-state index in [2.05, 4.69) is 22.9 Å². The molecule has 0 fully saturated rings. The topological polar surface area (TPSA) is 0 Å². The molecule has 0 aliphatic heterocycles. The van der Waals surface area contributed by atoms with Gasteiger partial charge in [0.05, 0.1) is 0 Å². The third-order valence-electron chi connectivity index (χ3n) is 2.88. The van der Waals surface area contributed by atoms with Crippen LogP contribution in [0, 0.1) is 18.6 Å². The van der Waals surface area contributed by atoms with Crippen molar-refractivity contribution in [1.29, 1.82) is 0 Å². The Labute approximate surface area is 104 Å². The molecule has 3 heteroatoms. The highest BCUT2D eigenvalue weighted by Crippen LogP contribution is 2.30. The molecule has 16 heavy (non-hydrogen) atoms. The molecule has 0 N–H and O–H groups in total. The number of alkyl halides is 1. The summed E-state index contributed by atoms with van der Waals surface area (Å²) < 4.78 is 27.1. The number of hydrogen-bond donors (Lipinski definition) is 0. The lowest BCUT2D eigenvalue weighted by Crippen LogP contribution is -2.11. The largest absolute Gasteiger partial charge is 0.207 e. The zero-order valence-electron chi connectivity index (χ0n) is 9.86. The van der Waals surface area contributed by atoms with Gasteiger partial charge in [-0.2, -0.15) is 0 Å². The second-order valence-electron chi connectivity index (χ2n) is 4.22. The molecule has 1 rings (SSSR count). The first-order valence-corrected chi connectivity index (χ1v) is 6.48. The van der Waals surface area contributed by atoms with Gasteiger partial charge in [-0.15, -0.1) is 0 Å². The molecular weight excluding hydrogens is 274 g/mol. The van der Waals surface area contributed by atoms with Crippen molar-refractivity contribution >= 4 is 15.9 Å². The molecule has 1 aromatic rings. The van der Waals surface area contributed by atoms with Crippen molar-refractivity contribution in [1.82, 2.24) is 0 Å². The van der Waals surface area contributed by atoms with E-state index < -0.39 is 0 Å². The third-order valence-corrected chi connectivity index (χ3v) is 4.13. The van der Waals surface area contributed by atoms with E-state index >= 15 is 0 Å². The Kier molecular flexibility index (Phi) is 4.90. The fourth-order valence-electron chi connectivity index (χ4n) is 1.73. The summed E-state index contributed by atoms with van der Waals surface area (Å²) in [6.07, 6.45) is 1.98. The lowest BCUT2D eigenvalue weighted by atomic mass is 9.94. The van der Waals surface area contributed by atoms with Gasteiger partial charge in [0.2, 0.25) is 0 Å². The zero-order chi connectivity index (χ0) is 12.3. The number of aryl methyl sites for hydroxylation is 1. The van der Waals surface area contributed by atoms with Crippen LogP contribution in [-0.2, 0) is 0 Å². The fourth-order valence-corrected chi connectivity index (χ4v) is 2.47. The van der Waals surface area contributed by atoms with Crippen LogP contribution in [0.5, 0.6) is 0 Å². The maximum absolute atomic E-state index is 13.7. The van der Waals surface area contributed by atoms with Gasteiger partial charge in [-0.3, -0.25) is 0 Å². The van der Waals surface area contributed by atoms with Crippen LogP contribution in [0.15, 0.2) is 12.1 Å². The summed E-state index contributed by atoms with van der Waals surface area (Å²) in [4.78, 5) is 0.189. The highest BCUT2D eigenvalue weighted by Gasteiger charge is 2.19. The van der Waals surface area contributed by atoms with E-state index in [1.807, 2.05) is 6.92 Å². The van der Waals surface area contributed by atoms with Crippen LogP contribution >= 0.6 is 15.9 Å². The predicted octanol–water partition coefficient (Wildman–Crippen LogP) is 4.94. The first-order valence-electron chi connectivity index (χ1n) is 5.57. The summed E-state index contributed by atoms with van der Waals surface area (Å²) in [5.41, 5.74) is 0.813. The molecule has 0 heterocycles. The molecule has 2 unspecified atom stereocenters. The molecule has 0 saturated carbocycles. The summed E-state index contributed by atoms with van der Waals surface area (Å²) in [5, 5.41) is 0. The first-order chi connectivity index (χ1) is 7.47. The van der Waals surface area contributed by atoms with Gasteiger partial charge in [-0.25, -0.2) is 8.78 Å². The summed E-state index contributed by atoms with van der Waals surface area (Å²) in [6.45, 7) is 5.57. The summed E-state index contributed by atoms with van der Waals surface area (Å²) in [7, 11) is 0. The van der Waals surface area contributed by atoms with E-state index in [1.54, 1.807) is 6.92 Å². The third kappa shape index (κ3) is 3.03. The van der Waals surface area contributed by atoms with Crippen molar-refractivity contribution in [2.24, 2.45) is 0 Å². The Morgan fingerprint density at radius 3 is 2.44 bits per heavy atom. The Balaban J connectivity index is 2.99. The molecule has 0 radical (unpaired) electrons. The average Bonchev–Trinajstić information content (AvgIpc) is 2.23. The van der Waals surface area contributed by atoms with E-state index in [4.69, 9.17) is 0 Å². The van der Waals surface area contributed by atoms with Crippen molar-refractivity contribution in [2.75, 3.05) is 0 Å². The minimum atomic E-state index is -0.334. The van der Waals surface area contributed by atoms with Gasteiger partial charge in [0.25, 0.3) is 0 Å². The zero-order valence-corrected chi connectivity index (χ0v) is 11.4. The number of hydrogen-bond acceptors (Lipinski definition) is 0. The van der Waals surface area contributed by atoms with Crippen molar-refractivity contribution in [2.45, 2.75) is 44.4 Å². The monoisotopic (exact) mass is 290 g/mol. The molecule has 0 aliphatic carbocycles. The molecule has 0 bridgehead atoms. The number of benzene rings is 1. The highest BCUT2D eigenvalue weighted by atomic mass is 79.9. The first kappa shape index (κ1) is 13.6. The summed E-state index contributed by atoms with van der Waals surface area (Å²) >= 11 is 3.53. The van der Waals surface area contributed by atoms with Gasteiger partial charge in [0.15, 0.2) is 0 Å². The lowest BCUT2D eigenvalue weighted by molar-refractivity contribution is 0.550. The van der Waals surface area contributed by atoms with Crippen molar-refractivity contribution in [3.8, 4) is 0 Å². The Morgan fingerprint density at radius 1 is 1.25 bits per heavy atom. The van der Waals surface area contributed by atoms with Crippen LogP contribution in [0.3, 0.4) is 0 Å². The van der Waals surface area contributed by atoms with Gasteiger partial charge < -0.3 is 0 Å². The minimum absolute atomic E-state index is 0.0185. The second kappa shape index (κ2) is 5.76. The van der Waals surface area contributed by atoms with E-state index in [-0.39, 0.29) is 22.4 Å². The lowest BCUT2D eigenvalue weighted by Gasteiger charge is -2.19. The molecule has 0 aromatic heterocycles. The Hall–Kier alpha value is -0.440.